The molecular formula is C15H19N3O3. The molecule has 0 aliphatic carbocycles. The molecular weight excluding hydrogens is 270 g/mol. The zero-order valence-corrected chi connectivity index (χ0v) is 12.0. The first-order chi connectivity index (χ1) is 10.2. The Morgan fingerprint density at radius 1 is 1.48 bits per heavy atom. The van der Waals surface area contributed by atoms with Gasteiger partial charge in [0.2, 0.25) is 0 Å². The molecule has 0 aromatic carbocycles. The molecule has 1 aliphatic heterocycles. The van der Waals surface area contributed by atoms with Crippen molar-refractivity contribution >= 4 is 17.2 Å². The Kier molecular flexibility index (Phi) is 3.79. The molecule has 2 N–H and O–H groups in total. The fraction of sp³-hybridized carbons (Fsp3) is 0.467. The summed E-state index contributed by atoms with van der Waals surface area (Å²) >= 11 is 0. The van der Waals surface area contributed by atoms with Gasteiger partial charge in [-0.05, 0) is 31.9 Å². The minimum atomic E-state index is -0.417. The Hall–Kier alpha value is -2.08. The lowest BCUT2D eigenvalue weighted by Gasteiger charge is -2.19. The van der Waals surface area contributed by atoms with E-state index >= 15 is 0 Å². The number of hydrogen-bond donors (Lipinski definition) is 1. The van der Waals surface area contributed by atoms with E-state index in [2.05, 4.69) is 5.10 Å². The molecule has 2 aromatic heterocycles. The molecule has 6 nitrogen and oxygen atoms in total. The molecule has 0 saturated carbocycles. The standard InChI is InChI=1S/C15H19N3O3/c1-2-21-15(19)12-9-18-11(7-13(12)16)8-14(17-18)10-3-5-20-6-4-10/h7-10H,2-6,16H2,1H3. The Morgan fingerprint density at radius 3 is 2.95 bits per heavy atom. The van der Waals surface area contributed by atoms with Crippen molar-refractivity contribution in [2.45, 2.75) is 25.7 Å². The van der Waals surface area contributed by atoms with Crippen LogP contribution in [0, 0.1) is 0 Å². The zero-order valence-electron chi connectivity index (χ0n) is 12.0. The minimum absolute atomic E-state index is 0.322. The molecule has 1 saturated heterocycles. The Bertz CT molecular complexity index is 659. The summed E-state index contributed by atoms with van der Waals surface area (Å²) in [7, 11) is 0. The number of carbonyl (C=O) groups is 1. The number of pyridine rings is 1. The number of anilines is 1. The van der Waals surface area contributed by atoms with Gasteiger partial charge in [0.25, 0.3) is 0 Å². The summed E-state index contributed by atoms with van der Waals surface area (Å²) in [6.07, 6.45) is 3.60. The summed E-state index contributed by atoms with van der Waals surface area (Å²) in [4.78, 5) is 11.9. The lowest BCUT2D eigenvalue weighted by molar-refractivity contribution is 0.0527. The second-order valence-corrected chi connectivity index (χ2v) is 5.19. The van der Waals surface area contributed by atoms with Crippen molar-refractivity contribution in [2.24, 2.45) is 0 Å². The van der Waals surface area contributed by atoms with E-state index in [0.29, 0.717) is 23.8 Å². The summed E-state index contributed by atoms with van der Waals surface area (Å²) < 4.78 is 12.1. The van der Waals surface area contributed by atoms with Crippen LogP contribution in [0.1, 0.15) is 41.7 Å². The van der Waals surface area contributed by atoms with Gasteiger partial charge in [0.05, 0.1) is 17.8 Å². The second-order valence-electron chi connectivity index (χ2n) is 5.19. The van der Waals surface area contributed by atoms with E-state index in [4.69, 9.17) is 15.2 Å². The van der Waals surface area contributed by atoms with Crippen LogP contribution in [-0.2, 0) is 9.47 Å². The molecule has 0 spiro atoms. The second kappa shape index (κ2) is 5.73. The highest BCUT2D eigenvalue weighted by Gasteiger charge is 2.20. The molecule has 0 radical (unpaired) electrons. The van der Waals surface area contributed by atoms with Crippen LogP contribution < -0.4 is 5.73 Å². The van der Waals surface area contributed by atoms with Crippen LogP contribution >= 0.6 is 0 Å². The van der Waals surface area contributed by atoms with E-state index in [1.54, 1.807) is 23.7 Å². The van der Waals surface area contributed by atoms with Gasteiger partial charge in [0.15, 0.2) is 0 Å². The number of nitrogens with zero attached hydrogens (tertiary/aromatic N) is 2. The molecule has 6 heteroatoms. The van der Waals surface area contributed by atoms with Gasteiger partial charge in [0.1, 0.15) is 5.56 Å². The summed E-state index contributed by atoms with van der Waals surface area (Å²) in [6.45, 7) is 3.63. The van der Waals surface area contributed by atoms with E-state index in [9.17, 15) is 4.79 Å². The molecule has 112 valence electrons. The predicted molar refractivity (Wildman–Crippen MR) is 78.4 cm³/mol. The number of nitrogens with two attached hydrogens (primary N) is 1. The van der Waals surface area contributed by atoms with Gasteiger partial charge in [0, 0.05) is 31.0 Å². The van der Waals surface area contributed by atoms with Crippen molar-refractivity contribution in [2.75, 3.05) is 25.6 Å². The maximum absolute atomic E-state index is 11.9. The first-order valence-corrected chi connectivity index (χ1v) is 7.22. The van der Waals surface area contributed by atoms with E-state index in [1.165, 1.54) is 0 Å². The molecule has 1 fully saturated rings. The first-order valence-electron chi connectivity index (χ1n) is 7.22. The Morgan fingerprint density at radius 2 is 2.24 bits per heavy atom. The SMILES string of the molecule is CCOC(=O)c1cn2nc(C3CCOCC3)cc2cc1N. The Labute approximate surface area is 122 Å². The summed E-state index contributed by atoms with van der Waals surface area (Å²) in [5, 5.41) is 4.58. The van der Waals surface area contributed by atoms with E-state index in [0.717, 1.165) is 37.3 Å². The third-order valence-electron chi connectivity index (χ3n) is 3.78. The predicted octanol–water partition coefficient (Wildman–Crippen LogP) is 1.99. The largest absolute Gasteiger partial charge is 0.462 e. The smallest absolute Gasteiger partial charge is 0.341 e. The molecule has 0 unspecified atom stereocenters. The number of esters is 1. The molecule has 2 aromatic rings. The number of nitrogen functional groups attached to an aromatic ring is 1. The quantitative estimate of drug-likeness (QED) is 0.874. The number of ether oxygens (including phenoxy) is 2. The van der Waals surface area contributed by atoms with Crippen LogP contribution in [0.5, 0.6) is 0 Å². The van der Waals surface area contributed by atoms with E-state index < -0.39 is 5.97 Å². The fourth-order valence-corrected chi connectivity index (χ4v) is 2.65. The van der Waals surface area contributed by atoms with Crippen molar-refractivity contribution in [3.63, 3.8) is 0 Å². The number of rotatable bonds is 3. The molecule has 0 amide bonds. The van der Waals surface area contributed by atoms with Crippen molar-refractivity contribution < 1.29 is 14.3 Å². The van der Waals surface area contributed by atoms with Crippen LogP contribution in [-0.4, -0.2) is 35.4 Å². The highest BCUT2D eigenvalue weighted by molar-refractivity contribution is 5.95. The molecule has 1 aliphatic rings. The molecule has 3 rings (SSSR count). The maximum Gasteiger partial charge on any atom is 0.341 e. The maximum atomic E-state index is 11.9. The third kappa shape index (κ3) is 2.71. The molecule has 21 heavy (non-hydrogen) atoms. The fourth-order valence-electron chi connectivity index (χ4n) is 2.65. The summed E-state index contributed by atoms with van der Waals surface area (Å²) in [5.41, 5.74) is 8.63. The normalized spacial score (nSPS) is 16.2. The molecule has 0 atom stereocenters. The number of aromatic nitrogens is 2. The van der Waals surface area contributed by atoms with Crippen LogP contribution in [0.4, 0.5) is 5.69 Å². The van der Waals surface area contributed by atoms with Crippen LogP contribution in [0.2, 0.25) is 0 Å². The lowest BCUT2D eigenvalue weighted by atomic mass is 9.97. The third-order valence-corrected chi connectivity index (χ3v) is 3.78. The molecule has 0 bridgehead atoms. The number of carbonyl (C=O) groups excluding carboxylic acids is 1. The topological polar surface area (TPSA) is 78.8 Å². The van der Waals surface area contributed by atoms with Crippen molar-refractivity contribution in [1.29, 1.82) is 0 Å². The minimum Gasteiger partial charge on any atom is -0.462 e. The van der Waals surface area contributed by atoms with E-state index in [1.807, 2.05) is 6.07 Å². The lowest BCUT2D eigenvalue weighted by Crippen LogP contribution is -2.14. The van der Waals surface area contributed by atoms with Crippen LogP contribution in [0.15, 0.2) is 18.3 Å². The van der Waals surface area contributed by atoms with Gasteiger partial charge in [-0.25, -0.2) is 9.31 Å². The van der Waals surface area contributed by atoms with Crippen LogP contribution in [0.3, 0.4) is 0 Å². The van der Waals surface area contributed by atoms with Crippen LogP contribution in [0.25, 0.3) is 5.52 Å². The number of hydrogen-bond acceptors (Lipinski definition) is 5. The average molecular weight is 289 g/mol. The Balaban J connectivity index is 1.95. The average Bonchev–Trinajstić information content (AvgIpc) is 2.90. The van der Waals surface area contributed by atoms with Gasteiger partial charge < -0.3 is 15.2 Å². The summed E-state index contributed by atoms with van der Waals surface area (Å²) in [6, 6.07) is 3.80. The van der Waals surface area contributed by atoms with Gasteiger partial charge in [-0.15, -0.1) is 0 Å². The first kappa shape index (κ1) is 13.9. The highest BCUT2D eigenvalue weighted by Crippen LogP contribution is 2.27. The summed E-state index contributed by atoms with van der Waals surface area (Å²) in [5.74, 6) is -0.00839. The monoisotopic (exact) mass is 289 g/mol. The van der Waals surface area contributed by atoms with Gasteiger partial charge in [-0.3, -0.25) is 0 Å². The van der Waals surface area contributed by atoms with E-state index in [-0.39, 0.29) is 0 Å². The zero-order chi connectivity index (χ0) is 14.8. The van der Waals surface area contributed by atoms with Gasteiger partial charge in [-0.1, -0.05) is 0 Å². The van der Waals surface area contributed by atoms with Crippen molar-refractivity contribution in [1.82, 2.24) is 9.61 Å². The van der Waals surface area contributed by atoms with Gasteiger partial charge in [-0.2, -0.15) is 5.10 Å². The molecule has 3 heterocycles. The number of fused-ring (bicyclic) bond motifs is 1. The highest BCUT2D eigenvalue weighted by atomic mass is 16.5. The van der Waals surface area contributed by atoms with Gasteiger partial charge >= 0.3 is 5.97 Å². The van der Waals surface area contributed by atoms with Crippen molar-refractivity contribution in [3.8, 4) is 0 Å². The van der Waals surface area contributed by atoms with Crippen molar-refractivity contribution in [3.05, 3.63) is 29.6 Å².